The van der Waals surface area contributed by atoms with Gasteiger partial charge in [-0.1, -0.05) is 13.8 Å². The summed E-state index contributed by atoms with van der Waals surface area (Å²) in [6.45, 7) is 6.85. The molecule has 0 amide bonds. The van der Waals surface area contributed by atoms with Crippen molar-refractivity contribution in [2.24, 2.45) is 11.3 Å². The molecule has 0 saturated carbocycles. The summed E-state index contributed by atoms with van der Waals surface area (Å²) in [7, 11) is 0. The highest BCUT2D eigenvalue weighted by Gasteiger charge is 2.45. The van der Waals surface area contributed by atoms with Crippen LogP contribution in [0.25, 0.3) is 0 Å². The number of pyridine rings is 1. The number of carboxylic acids is 1. The van der Waals surface area contributed by atoms with Crippen LogP contribution >= 0.6 is 0 Å². The maximum absolute atomic E-state index is 13.3. The summed E-state index contributed by atoms with van der Waals surface area (Å²) in [5.41, 5.74) is 2.20. The van der Waals surface area contributed by atoms with Gasteiger partial charge in [-0.25, -0.2) is 14.2 Å². The van der Waals surface area contributed by atoms with Gasteiger partial charge >= 0.3 is 5.97 Å². The van der Waals surface area contributed by atoms with Gasteiger partial charge in [-0.3, -0.25) is 0 Å². The standard InChI is InChI=1S/C23H27FN4O3/c1-14(2)20(25)19-18(28-11-23(12-28)8-3-9-31-13-23)10-17(22(29)30)27-21(19)26-16-6-4-15(24)5-7-16/h4-7,10,14,25H,3,8-9,11-13H2,1-2H3,(H,26,27)(H,29,30). The van der Waals surface area contributed by atoms with Crippen LogP contribution in [-0.4, -0.2) is 48.1 Å². The van der Waals surface area contributed by atoms with Gasteiger partial charge in [-0.15, -0.1) is 0 Å². The van der Waals surface area contributed by atoms with Crippen molar-refractivity contribution in [3.63, 3.8) is 0 Å². The first-order valence-electron chi connectivity index (χ1n) is 10.5. The first-order chi connectivity index (χ1) is 14.8. The highest BCUT2D eigenvalue weighted by atomic mass is 19.1. The fourth-order valence-corrected chi connectivity index (χ4v) is 4.30. The van der Waals surface area contributed by atoms with Crippen LogP contribution in [0.2, 0.25) is 0 Å². The third-order valence-corrected chi connectivity index (χ3v) is 5.97. The predicted molar refractivity (Wildman–Crippen MR) is 117 cm³/mol. The Morgan fingerprint density at radius 1 is 1.32 bits per heavy atom. The van der Waals surface area contributed by atoms with Gasteiger partial charge in [-0.2, -0.15) is 0 Å². The molecule has 0 unspecified atom stereocenters. The number of nitrogens with one attached hydrogen (secondary N) is 2. The summed E-state index contributed by atoms with van der Waals surface area (Å²) in [6.07, 6.45) is 2.11. The second-order valence-electron chi connectivity index (χ2n) is 8.77. The minimum Gasteiger partial charge on any atom is -0.477 e. The van der Waals surface area contributed by atoms with Crippen molar-refractivity contribution in [3.8, 4) is 0 Å². The van der Waals surface area contributed by atoms with Crippen LogP contribution in [-0.2, 0) is 4.74 Å². The summed E-state index contributed by atoms with van der Waals surface area (Å²) < 4.78 is 19.0. The molecule has 31 heavy (non-hydrogen) atoms. The van der Waals surface area contributed by atoms with Crippen molar-refractivity contribution in [3.05, 3.63) is 47.4 Å². The Balaban J connectivity index is 1.76. The Morgan fingerprint density at radius 3 is 2.61 bits per heavy atom. The normalized spacial score (nSPS) is 17.5. The van der Waals surface area contributed by atoms with Gasteiger partial charge in [0.2, 0.25) is 0 Å². The molecule has 2 fully saturated rings. The molecule has 2 aliphatic rings. The number of rotatable bonds is 6. The Hall–Kier alpha value is -3.00. The van der Waals surface area contributed by atoms with Crippen LogP contribution < -0.4 is 10.2 Å². The first-order valence-corrected chi connectivity index (χ1v) is 10.5. The fourth-order valence-electron chi connectivity index (χ4n) is 4.30. The molecule has 4 rings (SSSR count). The Kier molecular flexibility index (Phi) is 5.66. The molecule has 0 atom stereocenters. The van der Waals surface area contributed by atoms with Crippen LogP contribution in [0.1, 0.15) is 42.7 Å². The van der Waals surface area contributed by atoms with Crippen molar-refractivity contribution in [1.82, 2.24) is 4.98 Å². The van der Waals surface area contributed by atoms with E-state index in [1.54, 1.807) is 18.2 Å². The molecule has 1 aromatic carbocycles. The largest absolute Gasteiger partial charge is 0.477 e. The third-order valence-electron chi connectivity index (χ3n) is 5.97. The number of benzene rings is 1. The van der Waals surface area contributed by atoms with Gasteiger partial charge in [0.1, 0.15) is 11.6 Å². The molecule has 0 aliphatic carbocycles. The SMILES string of the molecule is CC(C)C(=N)c1c(N2CC3(CCCOC3)C2)cc(C(=O)O)nc1Nc1ccc(F)cc1. The maximum Gasteiger partial charge on any atom is 0.354 e. The van der Waals surface area contributed by atoms with Gasteiger partial charge in [0.15, 0.2) is 5.69 Å². The highest BCUT2D eigenvalue weighted by molar-refractivity contribution is 6.09. The zero-order chi connectivity index (χ0) is 22.2. The summed E-state index contributed by atoms with van der Waals surface area (Å²) in [5.74, 6) is -1.30. The quantitative estimate of drug-likeness (QED) is 0.596. The summed E-state index contributed by atoms with van der Waals surface area (Å²) in [5, 5.41) is 21.5. The van der Waals surface area contributed by atoms with Gasteiger partial charge in [0.25, 0.3) is 0 Å². The highest BCUT2D eigenvalue weighted by Crippen LogP contribution is 2.43. The smallest absolute Gasteiger partial charge is 0.354 e. The third kappa shape index (κ3) is 4.25. The number of anilines is 3. The van der Waals surface area contributed by atoms with Crippen molar-refractivity contribution >= 4 is 28.9 Å². The van der Waals surface area contributed by atoms with Crippen LogP contribution in [0.15, 0.2) is 30.3 Å². The van der Waals surface area contributed by atoms with Crippen LogP contribution in [0.5, 0.6) is 0 Å². The lowest BCUT2D eigenvalue weighted by Crippen LogP contribution is -2.60. The Bertz CT molecular complexity index is 993. The van der Waals surface area contributed by atoms with E-state index in [0.29, 0.717) is 35.1 Å². The number of aromatic nitrogens is 1. The van der Waals surface area contributed by atoms with Crippen molar-refractivity contribution in [2.45, 2.75) is 26.7 Å². The second-order valence-corrected chi connectivity index (χ2v) is 8.77. The molecule has 2 aromatic rings. The number of carbonyl (C=O) groups is 1. The second kappa shape index (κ2) is 8.26. The summed E-state index contributed by atoms with van der Waals surface area (Å²) in [6, 6.07) is 7.32. The lowest BCUT2D eigenvalue weighted by atomic mass is 9.75. The molecule has 1 spiro atoms. The molecule has 164 valence electrons. The molecule has 1 aromatic heterocycles. The van der Waals surface area contributed by atoms with Crippen LogP contribution in [0.4, 0.5) is 21.6 Å². The summed E-state index contributed by atoms with van der Waals surface area (Å²) in [4.78, 5) is 18.2. The zero-order valence-electron chi connectivity index (χ0n) is 17.7. The first kappa shape index (κ1) is 21.2. The van der Waals surface area contributed by atoms with Gasteiger partial charge < -0.3 is 25.5 Å². The molecule has 2 saturated heterocycles. The monoisotopic (exact) mass is 426 g/mol. The molecule has 3 N–H and O–H groups in total. The fraction of sp³-hybridized carbons (Fsp3) is 0.435. The number of carboxylic acid groups (broad SMARTS) is 1. The van der Waals surface area contributed by atoms with E-state index in [-0.39, 0.29) is 22.8 Å². The van der Waals surface area contributed by atoms with Crippen molar-refractivity contribution in [1.29, 1.82) is 5.41 Å². The number of ether oxygens (including phenoxy) is 1. The van der Waals surface area contributed by atoms with E-state index in [9.17, 15) is 14.3 Å². The maximum atomic E-state index is 13.3. The van der Waals surface area contributed by atoms with E-state index in [1.165, 1.54) is 12.1 Å². The molecule has 0 bridgehead atoms. The van der Waals surface area contributed by atoms with Gasteiger partial charge in [0.05, 0.1) is 17.9 Å². The number of halogens is 1. The van der Waals surface area contributed by atoms with Crippen LogP contribution in [0.3, 0.4) is 0 Å². The molecule has 7 nitrogen and oxygen atoms in total. The average Bonchev–Trinajstić information content (AvgIpc) is 2.73. The van der Waals surface area contributed by atoms with E-state index in [4.69, 9.17) is 10.1 Å². The lowest BCUT2D eigenvalue weighted by Gasteiger charge is -2.53. The molecular weight excluding hydrogens is 399 g/mol. The number of hydrogen-bond donors (Lipinski definition) is 3. The van der Waals surface area contributed by atoms with Crippen LogP contribution in [0, 0.1) is 22.6 Å². The van der Waals surface area contributed by atoms with E-state index in [0.717, 1.165) is 32.5 Å². The molecule has 3 heterocycles. The van der Waals surface area contributed by atoms with Crippen molar-refractivity contribution in [2.75, 3.05) is 36.5 Å². The average molecular weight is 426 g/mol. The van der Waals surface area contributed by atoms with Gasteiger partial charge in [-0.05, 0) is 49.1 Å². The number of aromatic carboxylic acids is 1. The van der Waals surface area contributed by atoms with E-state index in [1.807, 2.05) is 13.8 Å². The lowest BCUT2D eigenvalue weighted by molar-refractivity contribution is -0.0234. The number of hydrogen-bond acceptors (Lipinski definition) is 6. The summed E-state index contributed by atoms with van der Waals surface area (Å²) >= 11 is 0. The van der Waals surface area contributed by atoms with Gasteiger partial charge in [0, 0.05) is 36.5 Å². The minimum absolute atomic E-state index is 0.0850. The molecule has 2 aliphatic heterocycles. The van der Waals surface area contributed by atoms with Crippen molar-refractivity contribution < 1.29 is 19.0 Å². The Morgan fingerprint density at radius 2 is 2.03 bits per heavy atom. The molecule has 8 heteroatoms. The molecular formula is C23H27FN4O3. The zero-order valence-corrected chi connectivity index (χ0v) is 17.7. The molecule has 0 radical (unpaired) electrons. The van der Waals surface area contributed by atoms with E-state index in [2.05, 4.69) is 15.2 Å². The van der Waals surface area contributed by atoms with E-state index >= 15 is 0 Å². The minimum atomic E-state index is -1.14. The topological polar surface area (TPSA) is 98.5 Å². The predicted octanol–water partition coefficient (Wildman–Crippen LogP) is 4.30. The number of nitrogens with zero attached hydrogens (tertiary/aromatic N) is 2. The van der Waals surface area contributed by atoms with E-state index < -0.39 is 5.97 Å². The Labute approximate surface area is 180 Å².